The molecule has 0 saturated carbocycles. The Morgan fingerprint density at radius 1 is 1.20 bits per heavy atom. The van der Waals surface area contributed by atoms with Crippen LogP contribution in [0.1, 0.15) is 11.3 Å². The standard InChI is InChI=1S/C15H21NO2S2/c1-17-7-8-18-6-3-5-16-11-14-10-13(12-20-14)15-4-2-9-19-15/h2,4,9-10,12,16H,3,5-8,11H2,1H3. The van der Waals surface area contributed by atoms with Crippen LogP contribution in [0.2, 0.25) is 0 Å². The molecule has 0 saturated heterocycles. The third-order valence-corrected chi connectivity index (χ3v) is 4.69. The van der Waals surface area contributed by atoms with Crippen molar-refractivity contribution in [2.75, 3.05) is 33.5 Å². The lowest BCUT2D eigenvalue weighted by molar-refractivity contribution is 0.0695. The van der Waals surface area contributed by atoms with Crippen LogP contribution in [-0.2, 0) is 16.0 Å². The molecule has 0 unspecified atom stereocenters. The third-order valence-electron chi connectivity index (χ3n) is 2.83. The highest BCUT2D eigenvalue weighted by Gasteiger charge is 2.02. The van der Waals surface area contributed by atoms with Crippen LogP contribution in [0.3, 0.4) is 0 Å². The minimum Gasteiger partial charge on any atom is -0.382 e. The Hall–Kier alpha value is -0.720. The first-order valence-corrected chi connectivity index (χ1v) is 8.55. The second-order valence-electron chi connectivity index (χ2n) is 4.41. The number of thiophene rings is 2. The van der Waals surface area contributed by atoms with Gasteiger partial charge in [0, 0.05) is 35.6 Å². The van der Waals surface area contributed by atoms with Gasteiger partial charge in [-0.25, -0.2) is 0 Å². The summed E-state index contributed by atoms with van der Waals surface area (Å²) in [5, 5.41) is 7.81. The molecular formula is C15H21NO2S2. The van der Waals surface area contributed by atoms with Gasteiger partial charge in [-0.15, -0.1) is 22.7 Å². The molecule has 2 aromatic heterocycles. The zero-order chi connectivity index (χ0) is 14.0. The minimum atomic E-state index is 0.675. The van der Waals surface area contributed by atoms with Crippen LogP contribution in [0.4, 0.5) is 0 Å². The molecule has 20 heavy (non-hydrogen) atoms. The molecule has 0 aliphatic heterocycles. The summed E-state index contributed by atoms with van der Waals surface area (Å²) in [6.45, 7) is 4.08. The first-order valence-electron chi connectivity index (χ1n) is 6.79. The van der Waals surface area contributed by atoms with E-state index in [9.17, 15) is 0 Å². The first-order chi connectivity index (χ1) is 9.90. The Morgan fingerprint density at radius 2 is 2.15 bits per heavy atom. The average Bonchev–Trinajstić information content (AvgIpc) is 3.12. The summed E-state index contributed by atoms with van der Waals surface area (Å²) >= 11 is 3.61. The molecule has 110 valence electrons. The summed E-state index contributed by atoms with van der Waals surface area (Å²) in [7, 11) is 1.69. The molecule has 2 rings (SSSR count). The van der Waals surface area contributed by atoms with Crippen molar-refractivity contribution in [3.8, 4) is 10.4 Å². The predicted molar refractivity (Wildman–Crippen MR) is 86.7 cm³/mol. The molecule has 3 nitrogen and oxygen atoms in total. The van der Waals surface area contributed by atoms with Gasteiger partial charge in [0.05, 0.1) is 13.2 Å². The van der Waals surface area contributed by atoms with Crippen LogP contribution < -0.4 is 5.32 Å². The minimum absolute atomic E-state index is 0.675. The quantitative estimate of drug-likeness (QED) is 0.680. The number of nitrogens with one attached hydrogen (secondary N) is 1. The summed E-state index contributed by atoms with van der Waals surface area (Å²) < 4.78 is 10.3. The summed E-state index contributed by atoms with van der Waals surface area (Å²) in [6.07, 6.45) is 1.03. The Morgan fingerprint density at radius 3 is 2.95 bits per heavy atom. The van der Waals surface area contributed by atoms with Gasteiger partial charge in [-0.3, -0.25) is 0 Å². The summed E-state index contributed by atoms with van der Waals surface area (Å²) in [5.41, 5.74) is 1.34. The number of methoxy groups -OCH3 is 1. The van der Waals surface area contributed by atoms with Crippen molar-refractivity contribution in [3.63, 3.8) is 0 Å². The maximum absolute atomic E-state index is 5.42. The highest BCUT2D eigenvalue weighted by atomic mass is 32.1. The van der Waals surface area contributed by atoms with Crippen LogP contribution in [-0.4, -0.2) is 33.5 Å². The van der Waals surface area contributed by atoms with Gasteiger partial charge in [-0.1, -0.05) is 6.07 Å². The molecule has 0 fully saturated rings. The van der Waals surface area contributed by atoms with Crippen molar-refractivity contribution < 1.29 is 9.47 Å². The molecule has 0 amide bonds. The average molecular weight is 311 g/mol. The lowest BCUT2D eigenvalue weighted by Gasteiger charge is -2.04. The molecule has 0 spiro atoms. The van der Waals surface area contributed by atoms with E-state index in [-0.39, 0.29) is 0 Å². The van der Waals surface area contributed by atoms with Gasteiger partial charge in [0.25, 0.3) is 0 Å². The third kappa shape index (κ3) is 5.34. The van der Waals surface area contributed by atoms with Gasteiger partial charge < -0.3 is 14.8 Å². The van der Waals surface area contributed by atoms with E-state index in [2.05, 4.69) is 34.3 Å². The lowest BCUT2D eigenvalue weighted by atomic mass is 10.2. The summed E-state index contributed by atoms with van der Waals surface area (Å²) in [6, 6.07) is 6.54. The molecule has 0 aliphatic carbocycles. The van der Waals surface area contributed by atoms with Crippen molar-refractivity contribution in [1.82, 2.24) is 5.32 Å². The van der Waals surface area contributed by atoms with E-state index >= 15 is 0 Å². The molecule has 0 aliphatic rings. The first kappa shape index (κ1) is 15.7. The second kappa shape index (κ2) is 9.26. The monoisotopic (exact) mass is 311 g/mol. The SMILES string of the molecule is COCCOCCCNCc1cc(-c2cccs2)cs1. The molecule has 0 atom stereocenters. The molecule has 5 heteroatoms. The van der Waals surface area contributed by atoms with E-state index < -0.39 is 0 Å². The Bertz CT molecular complexity index is 468. The molecule has 2 aromatic rings. The molecular weight excluding hydrogens is 290 g/mol. The highest BCUT2D eigenvalue weighted by Crippen LogP contribution is 2.29. The van der Waals surface area contributed by atoms with Gasteiger partial charge in [-0.2, -0.15) is 0 Å². The van der Waals surface area contributed by atoms with E-state index in [1.165, 1.54) is 15.3 Å². The van der Waals surface area contributed by atoms with Crippen LogP contribution in [0.15, 0.2) is 29.0 Å². The smallest absolute Gasteiger partial charge is 0.0700 e. The molecule has 0 aromatic carbocycles. The van der Waals surface area contributed by atoms with Crippen LogP contribution in [0.5, 0.6) is 0 Å². The van der Waals surface area contributed by atoms with E-state index in [1.807, 2.05) is 11.3 Å². The van der Waals surface area contributed by atoms with Crippen molar-refractivity contribution in [1.29, 1.82) is 0 Å². The fourth-order valence-corrected chi connectivity index (χ4v) is 3.44. The van der Waals surface area contributed by atoms with Crippen LogP contribution in [0.25, 0.3) is 10.4 Å². The van der Waals surface area contributed by atoms with Crippen molar-refractivity contribution in [3.05, 3.63) is 33.8 Å². The van der Waals surface area contributed by atoms with Crippen molar-refractivity contribution in [2.24, 2.45) is 0 Å². The normalized spacial score (nSPS) is 11.1. The largest absolute Gasteiger partial charge is 0.382 e. The Balaban J connectivity index is 1.58. The van der Waals surface area contributed by atoms with Crippen molar-refractivity contribution >= 4 is 22.7 Å². The lowest BCUT2D eigenvalue weighted by Crippen LogP contribution is -2.16. The summed E-state index contributed by atoms with van der Waals surface area (Å²) in [5.74, 6) is 0. The number of hydrogen-bond donors (Lipinski definition) is 1. The maximum Gasteiger partial charge on any atom is 0.0700 e. The number of rotatable bonds is 10. The fraction of sp³-hybridized carbons (Fsp3) is 0.467. The molecule has 1 N–H and O–H groups in total. The van der Waals surface area contributed by atoms with Gasteiger partial charge in [0.15, 0.2) is 0 Å². The van der Waals surface area contributed by atoms with Crippen molar-refractivity contribution in [2.45, 2.75) is 13.0 Å². The predicted octanol–water partition coefficient (Wildman–Crippen LogP) is 3.62. The topological polar surface area (TPSA) is 30.5 Å². The Kier molecular flexibility index (Phi) is 7.25. The van der Waals surface area contributed by atoms with Gasteiger partial charge in [-0.05, 0) is 35.9 Å². The maximum atomic E-state index is 5.42. The molecule has 2 heterocycles. The van der Waals surface area contributed by atoms with E-state index in [0.29, 0.717) is 13.2 Å². The fourth-order valence-electron chi connectivity index (χ4n) is 1.80. The molecule has 0 radical (unpaired) electrons. The van der Waals surface area contributed by atoms with E-state index in [4.69, 9.17) is 9.47 Å². The van der Waals surface area contributed by atoms with Gasteiger partial charge in [0.2, 0.25) is 0 Å². The van der Waals surface area contributed by atoms with Gasteiger partial charge in [0.1, 0.15) is 0 Å². The number of ether oxygens (including phenoxy) is 2. The van der Waals surface area contributed by atoms with Crippen LogP contribution >= 0.6 is 22.7 Å². The molecule has 0 bridgehead atoms. The van der Waals surface area contributed by atoms with Crippen LogP contribution in [0, 0.1) is 0 Å². The zero-order valence-electron chi connectivity index (χ0n) is 11.8. The number of hydrogen-bond acceptors (Lipinski definition) is 5. The van der Waals surface area contributed by atoms with E-state index in [0.717, 1.165) is 26.1 Å². The second-order valence-corrected chi connectivity index (χ2v) is 6.36. The van der Waals surface area contributed by atoms with E-state index in [1.54, 1.807) is 18.4 Å². The zero-order valence-corrected chi connectivity index (χ0v) is 13.4. The summed E-state index contributed by atoms with van der Waals surface area (Å²) in [4.78, 5) is 2.73. The Labute approximate surface area is 128 Å². The van der Waals surface area contributed by atoms with Gasteiger partial charge >= 0.3 is 0 Å². The highest BCUT2D eigenvalue weighted by molar-refractivity contribution is 7.14.